The zero-order valence-electron chi connectivity index (χ0n) is 25.4. The average Bonchev–Trinajstić information content (AvgIpc) is 3.71. The monoisotopic (exact) mass is 605 g/mol. The normalized spacial score (nSPS) is 19.3. The Bertz CT molecular complexity index is 1860. The lowest BCUT2D eigenvalue weighted by atomic mass is 9.69. The summed E-state index contributed by atoms with van der Waals surface area (Å²) in [7, 11) is 2.04. The van der Waals surface area contributed by atoms with Crippen molar-refractivity contribution in [3.63, 3.8) is 0 Å². The standard InChI is InChI=1S/C36H36ClN5O2/c1-21(43)9-10-23-11-14-29-28(17-23)22(2)33(40-29)36(15-6-16-36)41-35(44)25-12-13-27-30(18-25)42(3)32(31(27)24-7-4-5-8-24)34-38-19-26(37)20-39-34/h9-14,17-20,22,24H,4-8,15-16H2,1-3H3,(H,41,44)/b10-9+. The predicted molar refractivity (Wildman–Crippen MR) is 176 cm³/mol. The summed E-state index contributed by atoms with van der Waals surface area (Å²) in [5.41, 5.74) is 7.51. The maximum absolute atomic E-state index is 13.9. The summed E-state index contributed by atoms with van der Waals surface area (Å²) in [6.07, 6.45) is 14.2. The van der Waals surface area contributed by atoms with Crippen molar-refractivity contribution in [3.05, 3.63) is 82.1 Å². The summed E-state index contributed by atoms with van der Waals surface area (Å²) in [5, 5.41) is 5.09. The molecule has 3 heterocycles. The van der Waals surface area contributed by atoms with Crippen molar-refractivity contribution in [1.29, 1.82) is 0 Å². The highest BCUT2D eigenvalue weighted by atomic mass is 35.5. The number of carbonyl (C=O) groups is 2. The van der Waals surface area contributed by atoms with E-state index in [1.165, 1.54) is 18.4 Å². The van der Waals surface area contributed by atoms with Gasteiger partial charge in [0.15, 0.2) is 11.6 Å². The number of hydrogen-bond acceptors (Lipinski definition) is 5. The highest BCUT2D eigenvalue weighted by Crippen LogP contribution is 2.46. The SMILES string of the molecule is CC(=O)/C=C/c1ccc2c(c1)C(C)C(C1(NC(=O)c3ccc4c(C5CCCC5)c(-c5ncc(Cl)cn5)n(C)c4c3)CCC1)=N2. The lowest BCUT2D eigenvalue weighted by molar-refractivity contribution is -0.112. The molecule has 8 heteroatoms. The molecule has 0 radical (unpaired) electrons. The van der Waals surface area contributed by atoms with Crippen molar-refractivity contribution in [2.75, 3.05) is 0 Å². The number of benzene rings is 2. The minimum Gasteiger partial charge on any atom is -0.341 e. The number of hydrogen-bond donors (Lipinski definition) is 1. The Kier molecular flexibility index (Phi) is 7.24. The quantitative estimate of drug-likeness (QED) is 0.216. The number of nitrogens with zero attached hydrogens (tertiary/aromatic N) is 4. The van der Waals surface area contributed by atoms with Crippen LogP contribution in [0.5, 0.6) is 0 Å². The van der Waals surface area contributed by atoms with E-state index in [4.69, 9.17) is 16.6 Å². The third kappa shape index (κ3) is 4.87. The van der Waals surface area contributed by atoms with Crippen molar-refractivity contribution < 1.29 is 9.59 Å². The van der Waals surface area contributed by atoms with Crippen molar-refractivity contribution in [3.8, 4) is 11.5 Å². The Balaban J connectivity index is 1.20. The van der Waals surface area contributed by atoms with Crippen LogP contribution in [-0.2, 0) is 11.8 Å². The number of nitrogens with one attached hydrogen (secondary N) is 1. The number of rotatable bonds is 7. The Morgan fingerprint density at radius 1 is 1.05 bits per heavy atom. The number of aromatic nitrogens is 3. The number of carbonyl (C=O) groups excluding carboxylic acids is 2. The number of aryl methyl sites for hydroxylation is 1. The van der Waals surface area contributed by atoms with E-state index in [-0.39, 0.29) is 17.6 Å². The van der Waals surface area contributed by atoms with Crippen LogP contribution in [0.4, 0.5) is 5.69 Å². The van der Waals surface area contributed by atoms with E-state index in [2.05, 4.69) is 38.9 Å². The lowest BCUT2D eigenvalue weighted by Gasteiger charge is -2.44. The van der Waals surface area contributed by atoms with E-state index in [0.717, 1.165) is 71.2 Å². The molecular formula is C36H36ClN5O2. The van der Waals surface area contributed by atoms with Gasteiger partial charge in [0.1, 0.15) is 0 Å². The van der Waals surface area contributed by atoms with Crippen LogP contribution < -0.4 is 5.32 Å². The molecular weight excluding hydrogens is 570 g/mol. The minimum atomic E-state index is -0.467. The molecule has 3 aliphatic rings. The van der Waals surface area contributed by atoms with E-state index >= 15 is 0 Å². The van der Waals surface area contributed by atoms with Crippen LogP contribution in [0, 0.1) is 0 Å². The molecule has 1 unspecified atom stereocenters. The first-order valence-corrected chi connectivity index (χ1v) is 16.0. The third-order valence-corrected chi connectivity index (χ3v) is 10.0. The maximum Gasteiger partial charge on any atom is 0.252 e. The van der Waals surface area contributed by atoms with Gasteiger partial charge in [0.2, 0.25) is 0 Å². The molecule has 4 aromatic rings. The van der Waals surface area contributed by atoms with Crippen LogP contribution >= 0.6 is 11.6 Å². The average molecular weight is 606 g/mol. The van der Waals surface area contributed by atoms with Crippen LogP contribution in [0.1, 0.15) is 97.7 Å². The van der Waals surface area contributed by atoms with Gasteiger partial charge in [-0.2, -0.15) is 0 Å². The summed E-state index contributed by atoms with van der Waals surface area (Å²) in [6.45, 7) is 3.71. The van der Waals surface area contributed by atoms with Gasteiger partial charge in [-0.25, -0.2) is 9.97 Å². The number of ketones is 1. The highest BCUT2D eigenvalue weighted by molar-refractivity contribution is 6.30. The molecule has 1 amide bonds. The van der Waals surface area contributed by atoms with E-state index in [1.807, 2.05) is 37.4 Å². The molecule has 1 aliphatic heterocycles. The van der Waals surface area contributed by atoms with E-state index in [1.54, 1.807) is 25.4 Å². The van der Waals surface area contributed by atoms with Gasteiger partial charge in [-0.05, 0) is 92.0 Å². The van der Waals surface area contributed by atoms with Crippen LogP contribution in [0.2, 0.25) is 5.02 Å². The van der Waals surface area contributed by atoms with Crippen LogP contribution in [0.15, 0.2) is 59.9 Å². The number of aliphatic imine (C=N–C) groups is 1. The predicted octanol–water partition coefficient (Wildman–Crippen LogP) is 8.09. The molecule has 0 saturated heterocycles. The molecule has 224 valence electrons. The Labute approximate surface area is 262 Å². The minimum absolute atomic E-state index is 0.0180. The summed E-state index contributed by atoms with van der Waals surface area (Å²) in [6, 6.07) is 12.2. The number of halogens is 1. The second kappa shape index (κ2) is 11.1. The number of allylic oxidation sites excluding steroid dienone is 1. The molecule has 2 aromatic heterocycles. The molecule has 2 saturated carbocycles. The fourth-order valence-corrected chi connectivity index (χ4v) is 7.54. The van der Waals surface area contributed by atoms with Gasteiger partial charge in [-0.15, -0.1) is 0 Å². The molecule has 2 fully saturated rings. The highest BCUT2D eigenvalue weighted by Gasteiger charge is 2.47. The van der Waals surface area contributed by atoms with E-state index < -0.39 is 5.54 Å². The Morgan fingerprint density at radius 3 is 2.48 bits per heavy atom. The van der Waals surface area contributed by atoms with E-state index in [9.17, 15) is 9.59 Å². The molecule has 0 spiro atoms. The first-order valence-electron chi connectivity index (χ1n) is 15.6. The summed E-state index contributed by atoms with van der Waals surface area (Å²) >= 11 is 6.12. The molecule has 0 bridgehead atoms. The molecule has 2 aliphatic carbocycles. The summed E-state index contributed by atoms with van der Waals surface area (Å²) in [4.78, 5) is 39.6. The van der Waals surface area contributed by atoms with Gasteiger partial charge in [-0.3, -0.25) is 14.6 Å². The smallest absolute Gasteiger partial charge is 0.252 e. The number of fused-ring (bicyclic) bond motifs is 2. The van der Waals surface area contributed by atoms with Crippen LogP contribution in [0.3, 0.4) is 0 Å². The topological polar surface area (TPSA) is 89.2 Å². The maximum atomic E-state index is 13.9. The van der Waals surface area contributed by atoms with Gasteiger partial charge < -0.3 is 9.88 Å². The zero-order valence-corrected chi connectivity index (χ0v) is 26.1. The first kappa shape index (κ1) is 28.7. The third-order valence-electron chi connectivity index (χ3n) is 9.83. The van der Waals surface area contributed by atoms with Crippen LogP contribution in [-0.4, -0.2) is 37.5 Å². The fourth-order valence-electron chi connectivity index (χ4n) is 7.44. The molecule has 1 N–H and O–H groups in total. The van der Waals surface area contributed by atoms with Gasteiger partial charge in [0.25, 0.3) is 5.91 Å². The molecule has 7 rings (SSSR count). The number of amides is 1. The summed E-state index contributed by atoms with van der Waals surface area (Å²) < 4.78 is 2.14. The largest absolute Gasteiger partial charge is 0.341 e. The van der Waals surface area contributed by atoms with Crippen LogP contribution in [0.25, 0.3) is 28.5 Å². The summed E-state index contributed by atoms with van der Waals surface area (Å²) in [5.74, 6) is 1.09. The van der Waals surface area contributed by atoms with Gasteiger partial charge in [-0.1, -0.05) is 49.6 Å². The lowest BCUT2D eigenvalue weighted by Crippen LogP contribution is -2.59. The molecule has 2 aromatic carbocycles. The van der Waals surface area contributed by atoms with E-state index in [0.29, 0.717) is 22.3 Å². The second-order valence-corrected chi connectivity index (χ2v) is 13.1. The molecule has 1 atom stereocenters. The van der Waals surface area contributed by atoms with Crippen molar-refractivity contribution >= 4 is 51.7 Å². The molecule has 44 heavy (non-hydrogen) atoms. The van der Waals surface area contributed by atoms with Gasteiger partial charge >= 0.3 is 0 Å². The molecule has 7 nitrogen and oxygen atoms in total. The van der Waals surface area contributed by atoms with Crippen molar-refractivity contribution in [1.82, 2.24) is 19.9 Å². The van der Waals surface area contributed by atoms with Crippen molar-refractivity contribution in [2.45, 2.75) is 76.2 Å². The first-order chi connectivity index (χ1) is 21.2. The fraction of sp³-hybridized carbons (Fsp3) is 0.361. The van der Waals surface area contributed by atoms with Gasteiger partial charge in [0, 0.05) is 41.8 Å². The zero-order chi connectivity index (χ0) is 30.6. The second-order valence-electron chi connectivity index (χ2n) is 12.6. The Hall–Kier alpha value is -4.10. The van der Waals surface area contributed by atoms with Gasteiger partial charge in [0.05, 0.1) is 27.7 Å². The van der Waals surface area contributed by atoms with Crippen molar-refractivity contribution in [2.24, 2.45) is 12.0 Å². The Morgan fingerprint density at radius 2 is 1.80 bits per heavy atom.